The zero-order chi connectivity index (χ0) is 13.0. The first-order chi connectivity index (χ1) is 8.69. The second kappa shape index (κ2) is 5.92. The summed E-state index contributed by atoms with van der Waals surface area (Å²) in [5.74, 6) is -0.354. The molecule has 1 saturated heterocycles. The van der Waals surface area contributed by atoms with Gasteiger partial charge >= 0.3 is 5.97 Å². The van der Waals surface area contributed by atoms with Gasteiger partial charge in [-0.25, -0.2) is 9.78 Å². The van der Waals surface area contributed by atoms with Gasteiger partial charge in [0.1, 0.15) is 0 Å². The minimum atomic E-state index is -0.384. The highest BCUT2D eigenvalue weighted by Gasteiger charge is 2.18. The van der Waals surface area contributed by atoms with Crippen LogP contribution in [0.15, 0.2) is 5.38 Å². The SMILES string of the molecule is CCOC(=O)c1nc(CN2CCNC(=O)C2)cs1. The van der Waals surface area contributed by atoms with E-state index in [0.717, 1.165) is 12.2 Å². The minimum absolute atomic E-state index is 0.0297. The molecule has 0 unspecified atom stereocenters. The zero-order valence-electron chi connectivity index (χ0n) is 10.1. The molecule has 1 aliphatic heterocycles. The molecule has 1 aromatic heterocycles. The van der Waals surface area contributed by atoms with Crippen LogP contribution in [0, 0.1) is 0 Å². The fourth-order valence-corrected chi connectivity index (χ4v) is 2.42. The van der Waals surface area contributed by atoms with Gasteiger partial charge in [0.15, 0.2) is 0 Å². The van der Waals surface area contributed by atoms with Gasteiger partial charge in [0.25, 0.3) is 0 Å². The first-order valence-corrected chi connectivity index (χ1v) is 6.67. The summed E-state index contributed by atoms with van der Waals surface area (Å²) in [4.78, 5) is 28.9. The Bertz CT molecular complexity index is 446. The summed E-state index contributed by atoms with van der Waals surface area (Å²) in [6.45, 7) is 4.54. The van der Waals surface area contributed by atoms with E-state index in [-0.39, 0.29) is 11.9 Å². The van der Waals surface area contributed by atoms with Gasteiger partial charge in [0.2, 0.25) is 10.9 Å². The molecule has 1 aromatic rings. The Labute approximate surface area is 109 Å². The highest BCUT2D eigenvalue weighted by molar-refractivity contribution is 7.11. The van der Waals surface area contributed by atoms with E-state index in [0.29, 0.717) is 31.2 Å². The molecule has 1 N–H and O–H groups in total. The maximum atomic E-state index is 11.5. The van der Waals surface area contributed by atoms with Gasteiger partial charge in [-0.05, 0) is 6.92 Å². The largest absolute Gasteiger partial charge is 0.461 e. The highest BCUT2D eigenvalue weighted by Crippen LogP contribution is 2.13. The van der Waals surface area contributed by atoms with Gasteiger partial charge in [-0.1, -0.05) is 0 Å². The fraction of sp³-hybridized carbons (Fsp3) is 0.545. The number of nitrogens with one attached hydrogen (secondary N) is 1. The molecule has 2 rings (SSSR count). The molecular weight excluding hydrogens is 254 g/mol. The summed E-state index contributed by atoms with van der Waals surface area (Å²) in [7, 11) is 0. The van der Waals surface area contributed by atoms with Crippen LogP contribution in [0.1, 0.15) is 22.4 Å². The van der Waals surface area contributed by atoms with E-state index in [4.69, 9.17) is 4.74 Å². The van der Waals surface area contributed by atoms with Crippen LogP contribution in [0.2, 0.25) is 0 Å². The third-order valence-electron chi connectivity index (χ3n) is 2.50. The number of piperazine rings is 1. The van der Waals surface area contributed by atoms with E-state index in [1.54, 1.807) is 6.92 Å². The van der Waals surface area contributed by atoms with Crippen LogP contribution in [-0.2, 0) is 16.1 Å². The Kier molecular flexibility index (Phi) is 4.27. The molecule has 0 saturated carbocycles. The molecule has 0 bridgehead atoms. The number of aromatic nitrogens is 1. The molecule has 1 aliphatic rings. The molecule has 7 heteroatoms. The molecule has 0 atom stereocenters. The molecule has 6 nitrogen and oxygen atoms in total. The number of ether oxygens (including phenoxy) is 1. The van der Waals surface area contributed by atoms with Crippen molar-refractivity contribution >= 4 is 23.2 Å². The molecule has 1 fully saturated rings. The van der Waals surface area contributed by atoms with Crippen molar-refractivity contribution in [3.63, 3.8) is 0 Å². The van der Waals surface area contributed by atoms with E-state index in [1.807, 2.05) is 10.3 Å². The number of amides is 1. The molecular formula is C11H15N3O3S. The smallest absolute Gasteiger partial charge is 0.367 e. The third kappa shape index (κ3) is 3.27. The number of nitrogens with zero attached hydrogens (tertiary/aromatic N) is 2. The number of hydrogen-bond donors (Lipinski definition) is 1. The summed E-state index contributed by atoms with van der Waals surface area (Å²) in [5.41, 5.74) is 0.803. The Balaban J connectivity index is 1.93. The first-order valence-electron chi connectivity index (χ1n) is 5.79. The number of hydrogen-bond acceptors (Lipinski definition) is 6. The topological polar surface area (TPSA) is 71.5 Å². The van der Waals surface area contributed by atoms with Crippen LogP contribution >= 0.6 is 11.3 Å². The van der Waals surface area contributed by atoms with Gasteiger partial charge in [-0.15, -0.1) is 11.3 Å². The van der Waals surface area contributed by atoms with Crippen LogP contribution in [0.4, 0.5) is 0 Å². The quantitative estimate of drug-likeness (QED) is 0.793. The first kappa shape index (κ1) is 13.0. The van der Waals surface area contributed by atoms with Gasteiger partial charge in [-0.3, -0.25) is 9.69 Å². The Hall–Kier alpha value is -1.47. The normalized spacial score (nSPS) is 16.4. The predicted molar refractivity (Wildman–Crippen MR) is 66.4 cm³/mol. The van der Waals surface area contributed by atoms with Crippen molar-refractivity contribution in [1.82, 2.24) is 15.2 Å². The van der Waals surface area contributed by atoms with Crippen molar-refractivity contribution in [3.8, 4) is 0 Å². The predicted octanol–water partition coefficient (Wildman–Crippen LogP) is 0.252. The maximum absolute atomic E-state index is 11.5. The van der Waals surface area contributed by atoms with Crippen molar-refractivity contribution < 1.29 is 14.3 Å². The molecule has 2 heterocycles. The number of rotatable bonds is 4. The maximum Gasteiger partial charge on any atom is 0.367 e. The highest BCUT2D eigenvalue weighted by atomic mass is 32.1. The summed E-state index contributed by atoms with van der Waals surface area (Å²) in [5, 5.41) is 4.97. The van der Waals surface area contributed by atoms with Crippen molar-refractivity contribution in [2.24, 2.45) is 0 Å². The monoisotopic (exact) mass is 269 g/mol. The Morgan fingerprint density at radius 3 is 3.22 bits per heavy atom. The average molecular weight is 269 g/mol. The fourth-order valence-electron chi connectivity index (χ4n) is 1.72. The third-order valence-corrected chi connectivity index (χ3v) is 3.38. The molecule has 0 aromatic carbocycles. The van der Waals surface area contributed by atoms with Crippen molar-refractivity contribution in [3.05, 3.63) is 16.1 Å². The molecule has 0 radical (unpaired) electrons. The summed E-state index contributed by atoms with van der Waals surface area (Å²) in [6.07, 6.45) is 0. The number of carbonyl (C=O) groups excluding carboxylic acids is 2. The molecule has 0 aliphatic carbocycles. The van der Waals surface area contributed by atoms with Gasteiger partial charge < -0.3 is 10.1 Å². The van der Waals surface area contributed by atoms with Crippen LogP contribution in [0.25, 0.3) is 0 Å². The van der Waals surface area contributed by atoms with E-state index in [1.165, 1.54) is 11.3 Å². The second-order valence-corrected chi connectivity index (χ2v) is 4.78. The van der Waals surface area contributed by atoms with E-state index in [2.05, 4.69) is 10.3 Å². The Morgan fingerprint density at radius 2 is 2.50 bits per heavy atom. The summed E-state index contributed by atoms with van der Waals surface area (Å²) < 4.78 is 4.88. The number of carbonyl (C=O) groups is 2. The van der Waals surface area contributed by atoms with E-state index >= 15 is 0 Å². The van der Waals surface area contributed by atoms with Gasteiger partial charge in [0, 0.05) is 25.0 Å². The lowest BCUT2D eigenvalue weighted by atomic mass is 10.3. The zero-order valence-corrected chi connectivity index (χ0v) is 11.0. The Morgan fingerprint density at radius 1 is 1.67 bits per heavy atom. The molecule has 1 amide bonds. The van der Waals surface area contributed by atoms with Gasteiger partial charge in [-0.2, -0.15) is 0 Å². The average Bonchev–Trinajstić information content (AvgIpc) is 2.78. The van der Waals surface area contributed by atoms with Crippen LogP contribution in [-0.4, -0.2) is 48.0 Å². The second-order valence-electron chi connectivity index (χ2n) is 3.93. The van der Waals surface area contributed by atoms with Crippen molar-refractivity contribution in [1.29, 1.82) is 0 Å². The van der Waals surface area contributed by atoms with Crippen LogP contribution < -0.4 is 5.32 Å². The van der Waals surface area contributed by atoms with Crippen LogP contribution in [0.3, 0.4) is 0 Å². The molecule has 0 spiro atoms. The van der Waals surface area contributed by atoms with Crippen molar-refractivity contribution in [2.75, 3.05) is 26.2 Å². The summed E-state index contributed by atoms with van der Waals surface area (Å²) >= 11 is 1.27. The minimum Gasteiger partial charge on any atom is -0.461 e. The lowest BCUT2D eigenvalue weighted by Crippen LogP contribution is -2.47. The molecule has 18 heavy (non-hydrogen) atoms. The lowest BCUT2D eigenvalue weighted by molar-refractivity contribution is -0.124. The van der Waals surface area contributed by atoms with Crippen molar-refractivity contribution in [2.45, 2.75) is 13.5 Å². The number of esters is 1. The van der Waals surface area contributed by atoms with Crippen LogP contribution in [0.5, 0.6) is 0 Å². The van der Waals surface area contributed by atoms with E-state index < -0.39 is 0 Å². The van der Waals surface area contributed by atoms with Gasteiger partial charge in [0.05, 0.1) is 18.8 Å². The standard InChI is InChI=1S/C11H15N3O3S/c1-2-17-11(16)10-13-8(7-18-10)5-14-4-3-12-9(15)6-14/h7H,2-6H2,1H3,(H,12,15). The lowest BCUT2D eigenvalue weighted by Gasteiger charge is -2.25. The number of thiazole rings is 1. The summed E-state index contributed by atoms with van der Waals surface area (Å²) in [6, 6.07) is 0. The molecule has 98 valence electrons. The van der Waals surface area contributed by atoms with E-state index in [9.17, 15) is 9.59 Å².